The van der Waals surface area contributed by atoms with Crippen molar-refractivity contribution in [1.29, 1.82) is 0 Å². The van der Waals surface area contributed by atoms with E-state index in [0.717, 1.165) is 12.2 Å². The maximum Gasteiger partial charge on any atom is 0.127 e. The van der Waals surface area contributed by atoms with E-state index in [9.17, 15) is 0 Å². The first kappa shape index (κ1) is 9.99. The molecule has 1 heterocycles. The van der Waals surface area contributed by atoms with Crippen LogP contribution in [0.3, 0.4) is 0 Å². The molecule has 0 amide bonds. The van der Waals surface area contributed by atoms with Crippen LogP contribution in [0, 0.1) is 0 Å². The lowest BCUT2D eigenvalue weighted by atomic mass is 10.1. The van der Waals surface area contributed by atoms with E-state index in [0.29, 0.717) is 0 Å². The second-order valence-electron chi connectivity index (χ2n) is 3.07. The predicted molar refractivity (Wildman–Crippen MR) is 65.5 cm³/mol. The zero-order valence-corrected chi connectivity index (χ0v) is 10.5. The number of hydrogen-bond acceptors (Lipinski definition) is 2. The molecule has 0 aliphatic rings. The SMILES string of the molecule is CCc1cc(OC)c2ccsc2c1Br. The Morgan fingerprint density at radius 1 is 1.50 bits per heavy atom. The number of benzene rings is 1. The van der Waals surface area contributed by atoms with Gasteiger partial charge >= 0.3 is 0 Å². The fourth-order valence-corrected chi connectivity index (χ4v) is 3.30. The fraction of sp³-hybridized carbons (Fsp3) is 0.273. The first-order valence-corrected chi connectivity index (χ1v) is 6.17. The monoisotopic (exact) mass is 270 g/mol. The summed E-state index contributed by atoms with van der Waals surface area (Å²) in [6, 6.07) is 4.21. The van der Waals surface area contributed by atoms with E-state index in [2.05, 4.69) is 40.4 Å². The van der Waals surface area contributed by atoms with Crippen molar-refractivity contribution in [2.24, 2.45) is 0 Å². The fourth-order valence-electron chi connectivity index (χ4n) is 1.54. The first-order chi connectivity index (χ1) is 6.77. The summed E-state index contributed by atoms with van der Waals surface area (Å²) in [5.41, 5.74) is 1.30. The largest absolute Gasteiger partial charge is 0.496 e. The van der Waals surface area contributed by atoms with Crippen LogP contribution in [-0.4, -0.2) is 7.11 Å². The summed E-state index contributed by atoms with van der Waals surface area (Å²) in [7, 11) is 1.72. The van der Waals surface area contributed by atoms with Crippen LogP contribution in [0.4, 0.5) is 0 Å². The van der Waals surface area contributed by atoms with E-state index in [4.69, 9.17) is 4.74 Å². The average Bonchev–Trinajstić information content (AvgIpc) is 2.68. The molecule has 0 saturated carbocycles. The zero-order valence-electron chi connectivity index (χ0n) is 8.13. The van der Waals surface area contributed by atoms with Gasteiger partial charge in [0.15, 0.2) is 0 Å². The van der Waals surface area contributed by atoms with Crippen molar-refractivity contribution in [2.45, 2.75) is 13.3 Å². The van der Waals surface area contributed by atoms with Crippen LogP contribution >= 0.6 is 27.3 Å². The molecule has 0 radical (unpaired) electrons. The molecule has 0 unspecified atom stereocenters. The second kappa shape index (κ2) is 3.91. The summed E-state index contributed by atoms with van der Waals surface area (Å²) in [4.78, 5) is 0. The summed E-state index contributed by atoms with van der Waals surface area (Å²) in [6.07, 6.45) is 1.02. The van der Waals surface area contributed by atoms with Gasteiger partial charge in [-0.1, -0.05) is 6.92 Å². The lowest BCUT2D eigenvalue weighted by Gasteiger charge is -2.07. The number of rotatable bonds is 2. The van der Waals surface area contributed by atoms with Gasteiger partial charge in [0.1, 0.15) is 5.75 Å². The number of methoxy groups -OCH3 is 1. The summed E-state index contributed by atoms with van der Waals surface area (Å²) >= 11 is 5.39. The minimum Gasteiger partial charge on any atom is -0.496 e. The lowest BCUT2D eigenvalue weighted by molar-refractivity contribution is 0.419. The molecule has 0 N–H and O–H groups in total. The van der Waals surface area contributed by atoms with Crippen molar-refractivity contribution in [1.82, 2.24) is 0 Å². The van der Waals surface area contributed by atoms with Gasteiger partial charge in [0.2, 0.25) is 0 Å². The molecule has 0 atom stereocenters. The number of hydrogen-bond donors (Lipinski definition) is 0. The quantitative estimate of drug-likeness (QED) is 0.794. The normalized spacial score (nSPS) is 10.8. The first-order valence-electron chi connectivity index (χ1n) is 4.50. The number of halogens is 1. The highest BCUT2D eigenvalue weighted by Crippen LogP contribution is 2.38. The molecule has 0 fully saturated rings. The third-order valence-corrected chi connectivity index (χ3v) is 4.42. The standard InChI is InChI=1S/C11H11BrOS/c1-3-7-6-9(13-2)8-4-5-14-11(8)10(7)12/h4-6H,3H2,1-2H3. The van der Waals surface area contributed by atoms with Crippen LogP contribution in [0.5, 0.6) is 5.75 Å². The van der Waals surface area contributed by atoms with E-state index in [1.54, 1.807) is 18.4 Å². The van der Waals surface area contributed by atoms with Crippen molar-refractivity contribution in [3.05, 3.63) is 27.5 Å². The van der Waals surface area contributed by atoms with Crippen molar-refractivity contribution >= 4 is 37.4 Å². The third-order valence-electron chi connectivity index (χ3n) is 2.32. The molecule has 14 heavy (non-hydrogen) atoms. The van der Waals surface area contributed by atoms with Gasteiger partial charge in [-0.3, -0.25) is 0 Å². The van der Waals surface area contributed by atoms with Crippen LogP contribution in [0.15, 0.2) is 22.0 Å². The molecule has 2 aromatic rings. The molecule has 3 heteroatoms. The molecule has 0 spiro atoms. The molecule has 1 nitrogen and oxygen atoms in total. The Hall–Kier alpha value is -0.540. The third kappa shape index (κ3) is 1.44. The Kier molecular flexibility index (Phi) is 2.79. The molecule has 0 saturated heterocycles. The highest BCUT2D eigenvalue weighted by atomic mass is 79.9. The number of aryl methyl sites for hydroxylation is 1. The van der Waals surface area contributed by atoms with E-state index in [1.807, 2.05) is 0 Å². The van der Waals surface area contributed by atoms with Gasteiger partial charge in [-0.25, -0.2) is 0 Å². The van der Waals surface area contributed by atoms with Crippen molar-refractivity contribution < 1.29 is 4.74 Å². The minimum atomic E-state index is 0.973. The van der Waals surface area contributed by atoms with Crippen LogP contribution in [0.2, 0.25) is 0 Å². The summed E-state index contributed by atoms with van der Waals surface area (Å²) in [6.45, 7) is 2.15. The van der Waals surface area contributed by atoms with Gasteiger partial charge in [0.05, 0.1) is 11.8 Å². The van der Waals surface area contributed by atoms with E-state index in [1.165, 1.54) is 20.1 Å². The topological polar surface area (TPSA) is 9.23 Å². The number of ether oxygens (including phenoxy) is 1. The zero-order chi connectivity index (χ0) is 10.1. The minimum absolute atomic E-state index is 0.973. The lowest BCUT2D eigenvalue weighted by Crippen LogP contribution is -1.88. The second-order valence-corrected chi connectivity index (χ2v) is 4.78. The van der Waals surface area contributed by atoms with Crippen LogP contribution in [0.1, 0.15) is 12.5 Å². The highest BCUT2D eigenvalue weighted by molar-refractivity contribution is 9.10. The summed E-state index contributed by atoms with van der Waals surface area (Å²) in [5.74, 6) is 0.973. The van der Waals surface area contributed by atoms with Gasteiger partial charge in [-0.05, 0) is 45.4 Å². The predicted octanol–water partition coefficient (Wildman–Crippen LogP) is 4.23. The Morgan fingerprint density at radius 3 is 2.93 bits per heavy atom. The Labute approximate surface area is 95.8 Å². The average molecular weight is 271 g/mol. The van der Waals surface area contributed by atoms with Crippen molar-refractivity contribution in [2.75, 3.05) is 7.11 Å². The Morgan fingerprint density at radius 2 is 2.29 bits per heavy atom. The van der Waals surface area contributed by atoms with E-state index < -0.39 is 0 Å². The number of thiophene rings is 1. The molecule has 2 rings (SSSR count). The van der Waals surface area contributed by atoms with Crippen molar-refractivity contribution in [3.63, 3.8) is 0 Å². The summed E-state index contributed by atoms with van der Waals surface area (Å²) in [5, 5.41) is 3.29. The van der Waals surface area contributed by atoms with Crippen LogP contribution in [-0.2, 0) is 6.42 Å². The maximum absolute atomic E-state index is 5.37. The maximum atomic E-state index is 5.37. The smallest absolute Gasteiger partial charge is 0.127 e. The Bertz CT molecular complexity index is 462. The summed E-state index contributed by atoms with van der Waals surface area (Å²) < 4.78 is 7.86. The van der Waals surface area contributed by atoms with Gasteiger partial charge in [0.25, 0.3) is 0 Å². The molecule has 1 aromatic carbocycles. The van der Waals surface area contributed by atoms with Gasteiger partial charge in [-0.2, -0.15) is 0 Å². The van der Waals surface area contributed by atoms with E-state index in [-0.39, 0.29) is 0 Å². The highest BCUT2D eigenvalue weighted by Gasteiger charge is 2.10. The molecule has 0 bridgehead atoms. The van der Waals surface area contributed by atoms with Crippen LogP contribution in [0.25, 0.3) is 10.1 Å². The van der Waals surface area contributed by atoms with E-state index >= 15 is 0 Å². The molecule has 0 aliphatic heterocycles. The molecular formula is C11H11BrOS. The molecule has 0 aliphatic carbocycles. The van der Waals surface area contributed by atoms with Gasteiger partial charge < -0.3 is 4.74 Å². The van der Waals surface area contributed by atoms with Crippen molar-refractivity contribution in [3.8, 4) is 5.75 Å². The van der Waals surface area contributed by atoms with Crippen LogP contribution < -0.4 is 4.74 Å². The molecule has 74 valence electrons. The molecule has 1 aromatic heterocycles. The van der Waals surface area contributed by atoms with Gasteiger partial charge in [-0.15, -0.1) is 11.3 Å². The molecular weight excluding hydrogens is 260 g/mol. The van der Waals surface area contributed by atoms with Gasteiger partial charge in [0, 0.05) is 9.86 Å². The number of fused-ring (bicyclic) bond motifs is 1. The Balaban J connectivity index is 2.80.